The molecule has 0 bridgehead atoms. The minimum absolute atomic E-state index is 0.00897. The lowest BCUT2D eigenvalue weighted by molar-refractivity contribution is -0.318. The SMILES string of the molecule is CCOC(=O)NN(C\C=C/C=C/C(Br)=C/[C@@H](O[Si](C)(C)C(C)(C)C)[C@H](C/C=C/CCC(=O)O)O[C@@H]1O[C@@H](C)[C@H](OC)[C@@H](OC)[C@H]1OC)C(=O)OCC. The van der Waals surface area contributed by atoms with Crippen molar-refractivity contribution in [3.05, 3.63) is 47.0 Å². The molecule has 1 saturated heterocycles. The molecule has 1 aliphatic rings. The van der Waals surface area contributed by atoms with Gasteiger partial charge in [0.05, 0.1) is 38.1 Å². The summed E-state index contributed by atoms with van der Waals surface area (Å²) in [4.78, 5) is 35.4. The van der Waals surface area contributed by atoms with Crippen LogP contribution < -0.4 is 5.43 Å². The van der Waals surface area contributed by atoms with Gasteiger partial charge in [-0.15, -0.1) is 0 Å². The van der Waals surface area contributed by atoms with Gasteiger partial charge in [0.1, 0.15) is 18.3 Å². The van der Waals surface area contributed by atoms with E-state index in [1.54, 1.807) is 53.4 Å². The molecular weight excluding hydrogens is 760 g/mol. The number of nitrogens with one attached hydrogen (secondary N) is 1. The van der Waals surface area contributed by atoms with Crippen LogP contribution in [0.5, 0.6) is 0 Å². The fraction of sp³-hybridized carbons (Fsp3) is 0.694. The monoisotopic (exact) mass is 820 g/mol. The molecule has 0 aromatic heterocycles. The van der Waals surface area contributed by atoms with Crippen molar-refractivity contribution >= 4 is 42.4 Å². The van der Waals surface area contributed by atoms with Gasteiger partial charge in [-0.2, -0.15) is 0 Å². The molecule has 0 unspecified atom stereocenters. The lowest BCUT2D eigenvalue weighted by Crippen LogP contribution is -2.60. The van der Waals surface area contributed by atoms with Crippen molar-refractivity contribution in [2.24, 2.45) is 0 Å². The molecule has 298 valence electrons. The Hall–Kier alpha value is -2.57. The number of rotatable bonds is 20. The average Bonchev–Trinajstić information content (AvgIpc) is 3.05. The van der Waals surface area contributed by atoms with Crippen LogP contribution in [0.3, 0.4) is 0 Å². The molecule has 0 aliphatic carbocycles. The second-order valence-electron chi connectivity index (χ2n) is 13.4. The van der Waals surface area contributed by atoms with Crippen LogP contribution in [-0.4, -0.2) is 121 Å². The second-order valence-corrected chi connectivity index (χ2v) is 19.1. The van der Waals surface area contributed by atoms with Gasteiger partial charge in [0.15, 0.2) is 14.6 Å². The molecule has 1 heterocycles. The van der Waals surface area contributed by atoms with Gasteiger partial charge in [0.25, 0.3) is 0 Å². The molecule has 0 aromatic carbocycles. The standard InChI is InChI=1S/C36H61BrN2O12Si/c1-12-47-34(42)38-39(35(43)48-13-2)23-19-15-16-20-26(37)24-28(51-52(10,11)36(4,5)6)27(21-17-14-18-22-29(40)41)50-33-32(46-9)31(45-8)30(44-7)25(3)49-33/h14-17,19-20,24-25,27-28,30-33H,12-13,18,21-23H2,1-11H3,(H,38,42)(H,40,41)/b17-14+,19-15-,20-16+,26-24-/t25-,27-,28+,30-,31+,32+,33-/m0/s1. The number of hydrogen-bond acceptors (Lipinski definition) is 11. The summed E-state index contributed by atoms with van der Waals surface area (Å²) in [6, 6.07) is 0. The molecule has 7 atom stereocenters. The summed E-state index contributed by atoms with van der Waals surface area (Å²) in [7, 11) is 2.36. The third-order valence-corrected chi connectivity index (χ3v) is 13.6. The Kier molecular flexibility index (Phi) is 21.9. The first kappa shape index (κ1) is 47.4. The van der Waals surface area contributed by atoms with E-state index in [0.717, 1.165) is 5.01 Å². The Balaban J connectivity index is 3.50. The largest absolute Gasteiger partial charge is 0.481 e. The van der Waals surface area contributed by atoms with Crippen molar-refractivity contribution in [2.75, 3.05) is 41.1 Å². The number of hydrazine groups is 1. The van der Waals surface area contributed by atoms with E-state index in [9.17, 15) is 14.4 Å². The van der Waals surface area contributed by atoms with Gasteiger partial charge in [-0.25, -0.2) is 20.0 Å². The van der Waals surface area contributed by atoms with Crippen LogP contribution in [0.15, 0.2) is 47.0 Å². The zero-order chi connectivity index (χ0) is 39.5. The highest BCUT2D eigenvalue weighted by Crippen LogP contribution is 2.39. The third kappa shape index (κ3) is 16.2. The van der Waals surface area contributed by atoms with Crippen molar-refractivity contribution in [3.63, 3.8) is 0 Å². The van der Waals surface area contributed by atoms with Crippen molar-refractivity contribution in [1.29, 1.82) is 0 Å². The van der Waals surface area contributed by atoms with Crippen LogP contribution in [0.1, 0.15) is 60.8 Å². The van der Waals surface area contributed by atoms with E-state index in [-0.39, 0.29) is 43.4 Å². The maximum Gasteiger partial charge on any atom is 0.429 e. The van der Waals surface area contributed by atoms with Gasteiger partial charge in [-0.3, -0.25) is 4.79 Å². The Labute approximate surface area is 319 Å². The predicted octanol–water partition coefficient (Wildman–Crippen LogP) is 6.87. The van der Waals surface area contributed by atoms with Gasteiger partial charge in [0.2, 0.25) is 0 Å². The Bertz CT molecular complexity index is 1220. The van der Waals surface area contributed by atoms with Crippen LogP contribution in [0, 0.1) is 0 Å². The summed E-state index contributed by atoms with van der Waals surface area (Å²) >= 11 is 3.67. The van der Waals surface area contributed by atoms with E-state index in [0.29, 0.717) is 17.3 Å². The maximum atomic E-state index is 12.3. The van der Waals surface area contributed by atoms with Gasteiger partial charge < -0.3 is 42.7 Å². The zero-order valence-electron chi connectivity index (χ0n) is 32.6. The molecule has 0 saturated carbocycles. The van der Waals surface area contributed by atoms with E-state index in [2.05, 4.69) is 55.2 Å². The van der Waals surface area contributed by atoms with E-state index in [4.69, 9.17) is 42.7 Å². The highest BCUT2D eigenvalue weighted by Gasteiger charge is 2.48. The quantitative estimate of drug-likeness (QED) is 0.0569. The minimum atomic E-state index is -2.40. The fourth-order valence-electron chi connectivity index (χ4n) is 4.90. The fourth-order valence-corrected chi connectivity index (χ4v) is 6.57. The molecule has 2 amide bonds. The summed E-state index contributed by atoms with van der Waals surface area (Å²) in [5, 5.41) is 10.0. The van der Waals surface area contributed by atoms with Crippen molar-refractivity contribution in [3.8, 4) is 0 Å². The number of carboxylic acid groups (broad SMARTS) is 1. The Morgan fingerprint density at radius 1 is 0.962 bits per heavy atom. The lowest BCUT2D eigenvalue weighted by Gasteiger charge is -2.46. The van der Waals surface area contributed by atoms with Crippen molar-refractivity contribution in [1.82, 2.24) is 10.4 Å². The van der Waals surface area contributed by atoms with Gasteiger partial charge in [-0.05, 0) is 63.9 Å². The van der Waals surface area contributed by atoms with Gasteiger partial charge in [0, 0.05) is 32.2 Å². The smallest absolute Gasteiger partial charge is 0.429 e. The number of halogens is 1. The number of carbonyl (C=O) groups excluding carboxylic acids is 2. The summed E-state index contributed by atoms with van der Waals surface area (Å²) in [6.45, 7) is 16.3. The number of carboxylic acids is 1. The number of ether oxygens (including phenoxy) is 7. The average molecular weight is 822 g/mol. The number of carbonyl (C=O) groups is 3. The van der Waals surface area contributed by atoms with Gasteiger partial charge in [-0.1, -0.05) is 67.1 Å². The second kappa shape index (κ2) is 24.0. The number of nitrogens with zero attached hydrogens (tertiary/aromatic N) is 1. The number of hydrogen-bond donors (Lipinski definition) is 2. The zero-order valence-corrected chi connectivity index (χ0v) is 35.2. The number of methoxy groups -OCH3 is 3. The number of amides is 2. The van der Waals surface area contributed by atoms with Crippen LogP contribution in [0.2, 0.25) is 18.1 Å². The summed E-state index contributed by atoms with van der Waals surface area (Å²) < 4.78 is 48.0. The normalized spacial score (nSPS) is 22.8. The highest BCUT2D eigenvalue weighted by molar-refractivity contribution is 9.11. The molecule has 1 aliphatic heterocycles. The van der Waals surface area contributed by atoms with Crippen LogP contribution in [0.4, 0.5) is 9.59 Å². The molecule has 0 spiro atoms. The van der Waals surface area contributed by atoms with E-state index in [1.165, 1.54) is 0 Å². The molecule has 1 rings (SSSR count). The molecule has 52 heavy (non-hydrogen) atoms. The molecule has 0 aromatic rings. The Morgan fingerprint density at radius 2 is 1.60 bits per heavy atom. The minimum Gasteiger partial charge on any atom is -0.481 e. The first-order chi connectivity index (χ1) is 24.5. The van der Waals surface area contributed by atoms with Crippen LogP contribution in [0.25, 0.3) is 0 Å². The molecular formula is C36H61BrN2O12Si. The molecule has 2 N–H and O–H groups in total. The van der Waals surface area contributed by atoms with Gasteiger partial charge >= 0.3 is 18.2 Å². The topological polar surface area (TPSA) is 161 Å². The summed E-state index contributed by atoms with van der Waals surface area (Å²) in [5.41, 5.74) is 2.37. The first-order valence-electron chi connectivity index (χ1n) is 17.5. The maximum absolute atomic E-state index is 12.3. The van der Waals surface area contributed by atoms with Crippen molar-refractivity contribution < 1.29 is 57.1 Å². The first-order valence-corrected chi connectivity index (χ1v) is 21.2. The lowest BCUT2D eigenvalue weighted by atomic mass is 9.99. The van der Waals surface area contributed by atoms with Crippen molar-refractivity contribution in [2.45, 2.75) is 122 Å². The summed E-state index contributed by atoms with van der Waals surface area (Å²) in [5.74, 6) is -0.876. The summed E-state index contributed by atoms with van der Waals surface area (Å²) in [6.07, 6.45) is 8.01. The third-order valence-electron chi connectivity index (χ3n) is 8.62. The van der Waals surface area contributed by atoms with E-state index in [1.807, 2.05) is 31.2 Å². The molecule has 16 heteroatoms. The number of allylic oxidation sites excluding steroid dienone is 5. The van der Waals surface area contributed by atoms with Crippen LogP contribution >= 0.6 is 15.9 Å². The molecule has 0 radical (unpaired) electrons. The highest BCUT2D eigenvalue weighted by atomic mass is 79.9. The predicted molar refractivity (Wildman–Crippen MR) is 203 cm³/mol. The molecule has 1 fully saturated rings. The van der Waals surface area contributed by atoms with E-state index >= 15 is 0 Å². The van der Waals surface area contributed by atoms with Crippen LogP contribution in [-0.2, 0) is 42.4 Å². The molecule has 14 nitrogen and oxygen atoms in total. The Morgan fingerprint density at radius 3 is 2.15 bits per heavy atom. The number of aliphatic carboxylic acids is 1. The van der Waals surface area contributed by atoms with E-state index < -0.39 is 57.2 Å².